The molecule has 0 bridgehead atoms. The van der Waals surface area contributed by atoms with Crippen LogP contribution in [0.15, 0.2) is 70.4 Å². The molecule has 2 aromatic carbocycles. The lowest BCUT2D eigenvalue weighted by atomic mass is 10.1. The van der Waals surface area contributed by atoms with E-state index in [9.17, 15) is 4.79 Å². The minimum absolute atomic E-state index is 0.316. The van der Waals surface area contributed by atoms with Crippen LogP contribution in [0.2, 0.25) is 0 Å². The number of benzene rings is 2. The number of halogens is 1. The summed E-state index contributed by atoms with van der Waals surface area (Å²) >= 11 is 3.45. The van der Waals surface area contributed by atoms with Crippen LogP contribution in [0.3, 0.4) is 0 Å². The van der Waals surface area contributed by atoms with Crippen LogP contribution in [-0.4, -0.2) is 28.5 Å². The fourth-order valence-corrected chi connectivity index (χ4v) is 2.93. The van der Waals surface area contributed by atoms with E-state index in [2.05, 4.69) is 31.6 Å². The lowest BCUT2D eigenvalue weighted by Gasteiger charge is -2.04. The largest absolute Gasteiger partial charge is 0.497 e. The molecule has 0 saturated carbocycles. The van der Waals surface area contributed by atoms with Gasteiger partial charge in [-0.1, -0.05) is 28.1 Å². The van der Waals surface area contributed by atoms with Gasteiger partial charge in [0.2, 0.25) is 0 Å². The molecule has 27 heavy (non-hydrogen) atoms. The number of nitrogens with zero attached hydrogens (tertiary/aromatic N) is 3. The van der Waals surface area contributed by atoms with E-state index in [1.165, 1.54) is 0 Å². The number of amides is 1. The first-order chi connectivity index (χ1) is 13.0. The van der Waals surface area contributed by atoms with E-state index in [1.807, 2.05) is 55.5 Å². The number of aromatic nitrogens is 2. The second kappa shape index (κ2) is 8.64. The number of methoxy groups -OCH3 is 1. The molecule has 0 saturated heterocycles. The van der Waals surface area contributed by atoms with Gasteiger partial charge in [0.1, 0.15) is 5.75 Å². The topological polar surface area (TPSA) is 68.5 Å². The highest BCUT2D eigenvalue weighted by molar-refractivity contribution is 9.10. The first-order valence-corrected chi connectivity index (χ1v) is 9.11. The molecule has 3 rings (SSSR count). The number of rotatable bonds is 6. The summed E-state index contributed by atoms with van der Waals surface area (Å²) in [5.41, 5.74) is 5.55. The Hall–Kier alpha value is -2.93. The molecule has 1 aromatic heterocycles. The fraction of sp³-hybridized carbons (Fsp3) is 0.150. The van der Waals surface area contributed by atoms with Gasteiger partial charge in [0.05, 0.1) is 19.4 Å². The van der Waals surface area contributed by atoms with Crippen molar-refractivity contribution in [3.8, 4) is 5.75 Å². The molecule has 0 radical (unpaired) electrons. The van der Waals surface area contributed by atoms with Gasteiger partial charge in [-0.25, -0.2) is 5.43 Å². The van der Waals surface area contributed by atoms with Gasteiger partial charge < -0.3 is 4.74 Å². The van der Waals surface area contributed by atoms with Crippen LogP contribution < -0.4 is 10.2 Å². The van der Waals surface area contributed by atoms with Gasteiger partial charge in [-0.15, -0.1) is 0 Å². The van der Waals surface area contributed by atoms with Crippen LogP contribution in [-0.2, 0) is 6.54 Å². The Kier molecular flexibility index (Phi) is 6.03. The molecule has 1 N–H and O–H groups in total. The summed E-state index contributed by atoms with van der Waals surface area (Å²) in [6.45, 7) is 2.41. The lowest BCUT2D eigenvalue weighted by Crippen LogP contribution is -2.20. The third-order valence-electron chi connectivity index (χ3n) is 3.94. The smallest absolute Gasteiger partial charge is 0.291 e. The second-order valence-corrected chi connectivity index (χ2v) is 6.81. The van der Waals surface area contributed by atoms with E-state index in [-0.39, 0.29) is 5.91 Å². The molecule has 0 aliphatic heterocycles. The molecule has 1 heterocycles. The molecule has 6 nitrogen and oxygen atoms in total. The molecule has 0 aliphatic carbocycles. The average Bonchev–Trinajstić information content (AvgIpc) is 3.14. The Morgan fingerprint density at radius 2 is 2.00 bits per heavy atom. The summed E-state index contributed by atoms with van der Waals surface area (Å²) in [6.07, 6.45) is 1.77. The van der Waals surface area contributed by atoms with Gasteiger partial charge in [-0.3, -0.25) is 9.48 Å². The van der Waals surface area contributed by atoms with Crippen molar-refractivity contribution in [1.82, 2.24) is 15.2 Å². The van der Waals surface area contributed by atoms with Crippen LogP contribution >= 0.6 is 15.9 Å². The van der Waals surface area contributed by atoms with Crippen LogP contribution in [0.4, 0.5) is 0 Å². The predicted molar refractivity (Wildman–Crippen MR) is 108 cm³/mol. The zero-order chi connectivity index (χ0) is 19.2. The minimum Gasteiger partial charge on any atom is -0.497 e. The molecule has 0 fully saturated rings. The Morgan fingerprint density at radius 1 is 1.22 bits per heavy atom. The number of hydrogen-bond acceptors (Lipinski definition) is 4. The van der Waals surface area contributed by atoms with Crippen molar-refractivity contribution >= 4 is 27.5 Å². The van der Waals surface area contributed by atoms with Gasteiger partial charge in [0, 0.05) is 10.7 Å². The zero-order valence-corrected chi connectivity index (χ0v) is 16.6. The molecule has 3 aromatic rings. The second-order valence-electron chi connectivity index (χ2n) is 5.90. The molecule has 7 heteroatoms. The number of hydrogen-bond donors (Lipinski definition) is 1. The molecule has 0 spiro atoms. The Morgan fingerprint density at radius 3 is 2.70 bits per heavy atom. The van der Waals surface area contributed by atoms with E-state index in [0.717, 1.165) is 21.3 Å². The Balaban J connectivity index is 1.63. The van der Waals surface area contributed by atoms with E-state index >= 15 is 0 Å². The predicted octanol–water partition coefficient (Wildman–Crippen LogP) is 3.86. The number of nitrogens with one attached hydrogen (secondary N) is 1. The van der Waals surface area contributed by atoms with Crippen LogP contribution in [0.5, 0.6) is 5.75 Å². The number of ether oxygens (including phenoxy) is 1. The third kappa shape index (κ3) is 5.04. The third-order valence-corrected chi connectivity index (χ3v) is 4.43. The van der Waals surface area contributed by atoms with Crippen molar-refractivity contribution in [2.24, 2.45) is 5.10 Å². The van der Waals surface area contributed by atoms with Gasteiger partial charge in [0.15, 0.2) is 5.69 Å². The average molecular weight is 427 g/mol. The molecule has 138 valence electrons. The van der Waals surface area contributed by atoms with Gasteiger partial charge >= 0.3 is 0 Å². The molecular formula is C20H19BrN4O2. The summed E-state index contributed by atoms with van der Waals surface area (Å²) in [5.74, 6) is 0.419. The summed E-state index contributed by atoms with van der Waals surface area (Å²) in [7, 11) is 1.62. The number of carbonyl (C=O) groups excluding carboxylic acids is 1. The molecule has 0 atom stereocenters. The highest BCUT2D eigenvalue weighted by Crippen LogP contribution is 2.13. The summed E-state index contributed by atoms with van der Waals surface area (Å²) in [5, 5.41) is 8.46. The van der Waals surface area contributed by atoms with Crippen molar-refractivity contribution < 1.29 is 9.53 Å². The fourth-order valence-electron chi connectivity index (χ4n) is 2.48. The van der Waals surface area contributed by atoms with Crippen LogP contribution in [0.25, 0.3) is 0 Å². The first kappa shape index (κ1) is 18.8. The quantitative estimate of drug-likeness (QED) is 0.480. The summed E-state index contributed by atoms with van der Waals surface area (Å²) < 4.78 is 7.86. The zero-order valence-electron chi connectivity index (χ0n) is 15.0. The van der Waals surface area contributed by atoms with Crippen molar-refractivity contribution in [3.05, 3.63) is 82.1 Å². The van der Waals surface area contributed by atoms with Gasteiger partial charge in [-0.05, 0) is 60.5 Å². The maximum Gasteiger partial charge on any atom is 0.291 e. The summed E-state index contributed by atoms with van der Waals surface area (Å²) in [6, 6.07) is 17.1. The first-order valence-electron chi connectivity index (χ1n) is 8.32. The maximum absolute atomic E-state index is 12.3. The normalized spacial score (nSPS) is 11.3. The van der Waals surface area contributed by atoms with Crippen molar-refractivity contribution in [2.75, 3.05) is 7.11 Å². The maximum atomic E-state index is 12.3. The van der Waals surface area contributed by atoms with Crippen molar-refractivity contribution in [2.45, 2.75) is 13.5 Å². The molecular weight excluding hydrogens is 408 g/mol. The molecule has 1 amide bonds. The van der Waals surface area contributed by atoms with Crippen LogP contribution in [0.1, 0.15) is 28.5 Å². The highest BCUT2D eigenvalue weighted by atomic mass is 79.9. The number of carbonyl (C=O) groups is 1. The highest BCUT2D eigenvalue weighted by Gasteiger charge is 2.09. The van der Waals surface area contributed by atoms with Gasteiger partial charge in [-0.2, -0.15) is 10.2 Å². The van der Waals surface area contributed by atoms with Crippen LogP contribution in [0, 0.1) is 0 Å². The standard InChI is InChI=1S/C20H19BrN4O2/c1-14(16-6-8-18(27-2)9-7-16)22-23-20(26)19-10-11-25(24-19)13-15-4-3-5-17(21)12-15/h3-12H,13H2,1-2H3,(H,23,26)/b22-14-. The minimum atomic E-state index is -0.351. The SMILES string of the molecule is COc1ccc(/C(C)=N\NC(=O)c2ccn(Cc3cccc(Br)c3)n2)cc1. The Bertz CT molecular complexity index is 964. The van der Waals surface area contributed by atoms with Crippen molar-refractivity contribution in [3.63, 3.8) is 0 Å². The van der Waals surface area contributed by atoms with E-state index in [0.29, 0.717) is 18.0 Å². The molecule has 0 aliphatic rings. The number of hydrazone groups is 1. The lowest BCUT2D eigenvalue weighted by molar-refractivity contribution is 0.0949. The van der Waals surface area contributed by atoms with Gasteiger partial charge in [0.25, 0.3) is 5.91 Å². The van der Waals surface area contributed by atoms with E-state index in [1.54, 1.807) is 24.1 Å². The van der Waals surface area contributed by atoms with E-state index in [4.69, 9.17) is 4.74 Å². The Labute approximate surface area is 166 Å². The van der Waals surface area contributed by atoms with Crippen molar-refractivity contribution in [1.29, 1.82) is 0 Å². The monoisotopic (exact) mass is 426 g/mol. The summed E-state index contributed by atoms with van der Waals surface area (Å²) in [4.78, 5) is 12.3. The molecule has 0 unspecified atom stereocenters. The van der Waals surface area contributed by atoms with E-state index < -0.39 is 0 Å².